The van der Waals surface area contributed by atoms with Crippen molar-refractivity contribution in [2.45, 2.75) is 4.23 Å². The van der Waals surface area contributed by atoms with Crippen molar-refractivity contribution in [2.24, 2.45) is 0 Å². The molecule has 0 aliphatic heterocycles. The normalized spacial score (nSPS) is 12.5. The van der Waals surface area contributed by atoms with Crippen LogP contribution in [0.1, 0.15) is 0 Å². The van der Waals surface area contributed by atoms with Gasteiger partial charge in [-0.2, -0.15) is 0 Å². The maximum absolute atomic E-state index is 9.19. The van der Waals surface area contributed by atoms with Gasteiger partial charge in [-0.15, -0.1) is 0 Å². The summed E-state index contributed by atoms with van der Waals surface area (Å²) in [5.74, 6) is 0. The van der Waals surface area contributed by atoms with Gasteiger partial charge < -0.3 is 10.4 Å². The van der Waals surface area contributed by atoms with E-state index in [4.69, 9.17) is 0 Å². The first-order chi connectivity index (χ1) is 5.33. The highest BCUT2D eigenvalue weighted by atomic mass is 127. The molecule has 0 heterocycles. The lowest BCUT2D eigenvalue weighted by atomic mass is 10.3. The molecule has 0 fully saturated rings. The standard InChI is InChI=1S/C8H10INO/c1-9-8(11)10-7-5-3-2-4-6-7/h2-6,8,10-11H,1H2. The Morgan fingerprint density at radius 1 is 1.36 bits per heavy atom. The molecule has 1 atom stereocenters. The zero-order valence-corrected chi connectivity index (χ0v) is 8.15. The fourth-order valence-corrected chi connectivity index (χ4v) is 1.29. The number of para-hydroxylation sites is 1. The molecule has 3 heteroatoms. The largest absolute Gasteiger partial charge is 0.365 e. The summed E-state index contributed by atoms with van der Waals surface area (Å²) in [7, 11) is 0. The predicted octanol–water partition coefficient (Wildman–Crippen LogP) is 1.78. The van der Waals surface area contributed by atoms with Crippen molar-refractivity contribution in [1.29, 1.82) is 0 Å². The molecule has 11 heavy (non-hydrogen) atoms. The minimum absolute atomic E-state index is 0.387. The summed E-state index contributed by atoms with van der Waals surface area (Å²) in [5.41, 5.74) is 0.948. The van der Waals surface area contributed by atoms with Crippen LogP contribution in [0.5, 0.6) is 0 Å². The Bertz CT molecular complexity index is 225. The van der Waals surface area contributed by atoms with Gasteiger partial charge in [0.25, 0.3) is 0 Å². The molecule has 0 saturated carbocycles. The van der Waals surface area contributed by atoms with Gasteiger partial charge in [-0.1, -0.05) is 43.4 Å². The highest BCUT2D eigenvalue weighted by Crippen LogP contribution is 2.10. The Morgan fingerprint density at radius 3 is 2.55 bits per heavy atom. The van der Waals surface area contributed by atoms with E-state index in [2.05, 4.69) is 9.83 Å². The van der Waals surface area contributed by atoms with E-state index in [1.54, 1.807) is 0 Å². The molecule has 1 unspecified atom stereocenters. The number of hydrogen-bond donors (Lipinski definition) is 2. The molecular weight excluding hydrogens is 253 g/mol. The Kier molecular flexibility index (Phi) is 3.51. The minimum atomic E-state index is -0.434. The van der Waals surface area contributed by atoms with E-state index in [0.717, 1.165) is 5.69 Å². The molecule has 2 N–H and O–H groups in total. The molecule has 0 saturated heterocycles. The highest BCUT2D eigenvalue weighted by Gasteiger charge is 1.95. The number of halogens is 1. The van der Waals surface area contributed by atoms with Gasteiger partial charge in [-0.3, -0.25) is 0 Å². The maximum atomic E-state index is 9.19. The van der Waals surface area contributed by atoms with Gasteiger partial charge in [-0.05, 0) is 12.1 Å². The molecule has 0 aliphatic carbocycles. The van der Waals surface area contributed by atoms with Crippen molar-refractivity contribution in [1.82, 2.24) is 0 Å². The number of aliphatic hydroxyl groups excluding tert-OH is 1. The average molecular weight is 263 g/mol. The number of rotatable bonds is 3. The fourth-order valence-electron chi connectivity index (χ4n) is 0.710. The van der Waals surface area contributed by atoms with Gasteiger partial charge in [-0.25, -0.2) is 0 Å². The zero-order chi connectivity index (χ0) is 8.10. The third-order valence-corrected chi connectivity index (χ3v) is 2.35. The molecule has 0 amide bonds. The average Bonchev–Trinajstić information content (AvgIpc) is 2.06. The van der Waals surface area contributed by atoms with Crippen LogP contribution in [0.25, 0.3) is 0 Å². The summed E-state index contributed by atoms with van der Waals surface area (Å²) in [4.78, 5) is 0. The van der Waals surface area contributed by atoms with Crippen LogP contribution in [0.3, 0.4) is 0 Å². The van der Waals surface area contributed by atoms with Crippen molar-refractivity contribution in [3.63, 3.8) is 0 Å². The summed E-state index contributed by atoms with van der Waals surface area (Å²) in [5, 5.41) is 12.1. The van der Waals surface area contributed by atoms with Crippen LogP contribution >= 0.6 is 20.7 Å². The number of hydrogen-bond acceptors (Lipinski definition) is 2. The van der Waals surface area contributed by atoms with Crippen molar-refractivity contribution in [3.8, 4) is 0 Å². The van der Waals surface area contributed by atoms with Crippen LogP contribution in [0.15, 0.2) is 30.3 Å². The molecule has 0 radical (unpaired) electrons. The van der Waals surface area contributed by atoms with Crippen molar-refractivity contribution >= 4 is 30.9 Å². The van der Waals surface area contributed by atoms with Gasteiger partial charge in [0.1, 0.15) is 0 Å². The van der Waals surface area contributed by atoms with Crippen LogP contribution < -0.4 is 5.32 Å². The number of aliphatic hydroxyl groups is 1. The quantitative estimate of drug-likeness (QED) is 0.377. The second kappa shape index (κ2) is 4.46. The Balaban J connectivity index is 2.57. The number of benzene rings is 1. The van der Waals surface area contributed by atoms with Crippen molar-refractivity contribution < 1.29 is 5.11 Å². The Labute approximate surface area is 76.0 Å². The van der Waals surface area contributed by atoms with Crippen LogP contribution in [0, 0.1) is 0 Å². The SMILES string of the molecule is C=IC(O)Nc1ccccc1. The van der Waals surface area contributed by atoms with E-state index in [0.29, 0.717) is 0 Å². The number of nitrogens with one attached hydrogen (secondary N) is 1. The topological polar surface area (TPSA) is 32.3 Å². The molecule has 0 aromatic heterocycles. The second-order valence-electron chi connectivity index (χ2n) is 2.00. The van der Waals surface area contributed by atoms with Gasteiger partial charge >= 0.3 is 0 Å². The minimum Gasteiger partial charge on any atom is -0.365 e. The van der Waals surface area contributed by atoms with Gasteiger partial charge in [0, 0.05) is 5.69 Å². The first-order valence-electron chi connectivity index (χ1n) is 3.19. The molecule has 0 aliphatic rings. The van der Waals surface area contributed by atoms with Gasteiger partial charge in [0.2, 0.25) is 0 Å². The lowest BCUT2D eigenvalue weighted by molar-refractivity contribution is 0.307. The third kappa shape index (κ3) is 2.98. The van der Waals surface area contributed by atoms with Gasteiger partial charge in [0.15, 0.2) is 4.23 Å². The Hall–Kier alpha value is -0.420. The number of anilines is 1. The summed E-state index contributed by atoms with van der Waals surface area (Å²) in [6.45, 7) is 0. The van der Waals surface area contributed by atoms with E-state index in [1.165, 1.54) is 0 Å². The highest BCUT2D eigenvalue weighted by molar-refractivity contribution is 14.2. The molecule has 1 aromatic carbocycles. The molecule has 0 bridgehead atoms. The van der Waals surface area contributed by atoms with Crippen LogP contribution in [-0.4, -0.2) is 13.9 Å². The Morgan fingerprint density at radius 2 is 2.00 bits per heavy atom. The molecular formula is C8H10INO. The smallest absolute Gasteiger partial charge is 0.171 e. The first kappa shape index (κ1) is 8.67. The van der Waals surface area contributed by atoms with E-state index in [1.807, 2.05) is 30.3 Å². The van der Waals surface area contributed by atoms with Crippen LogP contribution in [-0.2, 0) is 0 Å². The van der Waals surface area contributed by atoms with Gasteiger partial charge in [0.05, 0.1) is 0 Å². The summed E-state index contributed by atoms with van der Waals surface area (Å²) >= 11 is -0.387. The zero-order valence-electron chi connectivity index (χ0n) is 6.00. The first-order valence-corrected chi connectivity index (χ1v) is 5.96. The van der Waals surface area contributed by atoms with E-state index in [-0.39, 0.29) is 20.7 Å². The monoisotopic (exact) mass is 263 g/mol. The summed E-state index contributed by atoms with van der Waals surface area (Å²) < 4.78 is 3.25. The summed E-state index contributed by atoms with van der Waals surface area (Å²) in [6, 6.07) is 9.63. The van der Waals surface area contributed by atoms with Crippen LogP contribution in [0.4, 0.5) is 5.69 Å². The second-order valence-corrected chi connectivity index (χ2v) is 4.06. The van der Waals surface area contributed by atoms with E-state index in [9.17, 15) is 5.11 Å². The molecule has 0 spiro atoms. The molecule has 2 nitrogen and oxygen atoms in total. The predicted molar refractivity (Wildman–Crippen MR) is 57.2 cm³/mol. The molecule has 60 valence electrons. The van der Waals surface area contributed by atoms with Crippen molar-refractivity contribution in [3.05, 3.63) is 30.3 Å². The van der Waals surface area contributed by atoms with Crippen molar-refractivity contribution in [2.75, 3.05) is 5.32 Å². The van der Waals surface area contributed by atoms with E-state index < -0.39 is 4.23 Å². The number of alkyl halides is 1. The van der Waals surface area contributed by atoms with E-state index >= 15 is 0 Å². The molecule has 1 rings (SSSR count). The maximum Gasteiger partial charge on any atom is 0.171 e. The van der Waals surface area contributed by atoms with Crippen LogP contribution in [0.2, 0.25) is 0 Å². The summed E-state index contributed by atoms with van der Waals surface area (Å²) in [6.07, 6.45) is 0. The molecule has 1 aromatic rings. The fraction of sp³-hybridized carbons (Fsp3) is 0.125. The third-order valence-electron chi connectivity index (χ3n) is 1.21. The lowest BCUT2D eigenvalue weighted by Crippen LogP contribution is -2.09. The lowest BCUT2D eigenvalue weighted by Gasteiger charge is -2.07.